The predicted octanol–water partition coefficient (Wildman–Crippen LogP) is 3.92. The second-order valence-corrected chi connectivity index (χ2v) is 13.6. The predicted molar refractivity (Wildman–Crippen MR) is 167 cm³/mol. The van der Waals surface area contributed by atoms with Gasteiger partial charge in [0.15, 0.2) is 0 Å². The van der Waals surface area contributed by atoms with Crippen LogP contribution in [-0.2, 0) is 21.2 Å². The van der Waals surface area contributed by atoms with Crippen molar-refractivity contribution in [2.75, 3.05) is 50.3 Å². The lowest BCUT2D eigenvalue weighted by atomic mass is 10.0. The lowest BCUT2D eigenvalue weighted by molar-refractivity contribution is -0.127. The van der Waals surface area contributed by atoms with E-state index in [2.05, 4.69) is 22.5 Å². The summed E-state index contributed by atoms with van der Waals surface area (Å²) < 4.78 is 115. The molecule has 4 rings (SSSR count). The van der Waals surface area contributed by atoms with Gasteiger partial charge in [0.2, 0.25) is 12.8 Å². The van der Waals surface area contributed by atoms with Gasteiger partial charge in [-0.2, -0.15) is 13.2 Å². The summed E-state index contributed by atoms with van der Waals surface area (Å²) in [5, 5.41) is 24.8. The molecule has 3 unspecified atom stereocenters. The summed E-state index contributed by atoms with van der Waals surface area (Å²) in [6, 6.07) is 5.37. The number of halogens is 6. The van der Waals surface area contributed by atoms with Crippen LogP contribution >= 0.6 is 11.3 Å². The summed E-state index contributed by atoms with van der Waals surface area (Å²) in [5.41, 5.74) is 0.113. The van der Waals surface area contributed by atoms with E-state index in [0.29, 0.717) is 35.5 Å². The van der Waals surface area contributed by atoms with Crippen LogP contribution in [0.2, 0.25) is 0 Å². The maximum Gasteiger partial charge on any atom is 0.393 e. The Labute approximate surface area is 276 Å². The molecule has 1 amide bonds. The van der Waals surface area contributed by atoms with Crippen LogP contribution in [0.3, 0.4) is 0 Å². The van der Waals surface area contributed by atoms with Gasteiger partial charge in [-0.3, -0.25) is 9.69 Å². The van der Waals surface area contributed by atoms with Gasteiger partial charge in [-0.1, -0.05) is 24.0 Å². The highest BCUT2D eigenvalue weighted by atomic mass is 32.2. The number of benzene rings is 2. The Bertz CT molecular complexity index is 1790. The molecule has 1 fully saturated rings. The standard InChI is InChI=1S/C30H32F6N4O6S2/c1-17(42)39-48(44,45)28-11-26(46-16-31)25(10-21(28)32)37-8-3-6-27-20(12-30(34,35)36)19-4-2-5-24(29(19)47-27)38-23-7-9-40(14-22(23)33)13-18(43)15-41/h2,4-5,10-11,18,22-23,37-38,41,43H,7-9,12-16H2,1H3,(H,39,42). The Morgan fingerprint density at radius 2 is 2.00 bits per heavy atom. The molecule has 3 atom stereocenters. The second kappa shape index (κ2) is 15.6. The van der Waals surface area contributed by atoms with Gasteiger partial charge in [-0.15, -0.1) is 11.3 Å². The number of nitrogens with zero attached hydrogens (tertiary/aromatic N) is 1. The van der Waals surface area contributed by atoms with Gasteiger partial charge >= 0.3 is 6.18 Å². The zero-order valence-electron chi connectivity index (χ0n) is 25.3. The Hall–Kier alpha value is -3.76. The van der Waals surface area contributed by atoms with Crippen LogP contribution in [0.25, 0.3) is 10.1 Å². The minimum Gasteiger partial charge on any atom is -0.461 e. The number of amides is 1. The number of hydrogen-bond acceptors (Lipinski definition) is 10. The number of fused-ring (bicyclic) bond motifs is 1. The van der Waals surface area contributed by atoms with Crippen LogP contribution in [0.4, 0.5) is 37.7 Å². The normalized spacial score (nSPS) is 17.8. The van der Waals surface area contributed by atoms with Crippen molar-refractivity contribution in [2.45, 2.75) is 49.2 Å². The third-order valence-electron chi connectivity index (χ3n) is 7.22. The van der Waals surface area contributed by atoms with Crippen LogP contribution in [0.5, 0.6) is 5.75 Å². The summed E-state index contributed by atoms with van der Waals surface area (Å²) in [7, 11) is -4.63. The number of β-amino-alcohol motifs (C(OH)–C–C–N with tert-alkyl or cyclic N) is 1. The fourth-order valence-corrected chi connectivity index (χ4v) is 7.41. The van der Waals surface area contributed by atoms with Crippen LogP contribution in [0.15, 0.2) is 35.2 Å². The van der Waals surface area contributed by atoms with Gasteiger partial charge in [0.05, 0.1) is 52.7 Å². The highest BCUT2D eigenvalue weighted by molar-refractivity contribution is 7.90. The van der Waals surface area contributed by atoms with E-state index >= 15 is 4.39 Å². The molecule has 5 N–H and O–H groups in total. The number of carbonyl (C=O) groups is 1. The smallest absolute Gasteiger partial charge is 0.393 e. The van der Waals surface area contributed by atoms with Crippen LogP contribution in [0, 0.1) is 17.7 Å². The summed E-state index contributed by atoms with van der Waals surface area (Å²) in [6.07, 6.45) is -7.91. The van der Waals surface area contributed by atoms with Crippen LogP contribution in [-0.4, -0.2) is 93.6 Å². The van der Waals surface area contributed by atoms with Gasteiger partial charge in [-0.05, 0) is 23.4 Å². The van der Waals surface area contributed by atoms with Gasteiger partial charge in [-0.25, -0.2) is 26.3 Å². The molecular weight excluding hydrogens is 690 g/mol. The number of piperidine rings is 1. The molecule has 1 aliphatic rings. The molecule has 1 aromatic heterocycles. The number of nitrogens with one attached hydrogen (secondary N) is 3. The SMILES string of the molecule is CC(=O)NS(=O)(=O)c1cc(OCF)c(NCC#Cc2sc3c(NC4CCN(CC(O)CO)CC4F)cccc3c2CC(F)(F)F)cc1F. The summed E-state index contributed by atoms with van der Waals surface area (Å²) in [4.78, 5) is 12.0. The van der Waals surface area contributed by atoms with E-state index in [1.165, 1.54) is 6.07 Å². The first kappa shape index (κ1) is 37.1. The number of likely N-dealkylation sites (tertiary alicyclic amines) is 1. The molecule has 1 saturated heterocycles. The fraction of sp³-hybridized carbons (Fsp3) is 0.433. The molecule has 262 valence electrons. The molecule has 3 aromatic rings. The molecule has 1 aliphatic heterocycles. The van der Waals surface area contributed by atoms with E-state index in [9.17, 15) is 40.3 Å². The number of thiophene rings is 1. The van der Waals surface area contributed by atoms with Gasteiger partial charge in [0, 0.05) is 38.7 Å². The summed E-state index contributed by atoms with van der Waals surface area (Å²) >= 11 is 0.969. The van der Waals surface area contributed by atoms with E-state index in [1.807, 2.05) is 0 Å². The zero-order chi connectivity index (χ0) is 35.2. The number of aliphatic hydroxyl groups excluding tert-OH is 2. The summed E-state index contributed by atoms with van der Waals surface area (Å²) in [5.74, 6) is 2.61. The first-order chi connectivity index (χ1) is 22.6. The van der Waals surface area contributed by atoms with Crippen molar-refractivity contribution in [3.63, 3.8) is 0 Å². The van der Waals surface area contributed by atoms with Crippen molar-refractivity contribution in [2.24, 2.45) is 0 Å². The number of sulfonamides is 1. The number of rotatable bonds is 12. The van der Waals surface area contributed by atoms with Crippen molar-refractivity contribution >= 4 is 48.7 Å². The third kappa shape index (κ3) is 9.44. The molecule has 48 heavy (non-hydrogen) atoms. The number of aliphatic hydroxyl groups is 2. The van der Waals surface area contributed by atoms with Crippen molar-refractivity contribution in [3.8, 4) is 17.6 Å². The monoisotopic (exact) mass is 722 g/mol. The van der Waals surface area contributed by atoms with Gasteiger partial charge in [0.25, 0.3) is 10.0 Å². The number of hydrogen-bond donors (Lipinski definition) is 5. The molecule has 2 heterocycles. The molecule has 10 nitrogen and oxygen atoms in total. The van der Waals surface area contributed by atoms with E-state index in [-0.39, 0.29) is 41.1 Å². The topological polar surface area (TPSA) is 140 Å². The van der Waals surface area contributed by atoms with Crippen LogP contribution < -0.4 is 20.1 Å². The first-order valence-electron chi connectivity index (χ1n) is 14.4. The molecule has 0 aliphatic carbocycles. The molecule has 0 saturated carbocycles. The first-order valence-corrected chi connectivity index (χ1v) is 16.7. The average Bonchev–Trinajstić information content (AvgIpc) is 3.33. The molecular formula is C30H32F6N4O6S2. The van der Waals surface area contributed by atoms with E-state index in [0.717, 1.165) is 18.3 Å². The van der Waals surface area contributed by atoms with E-state index in [4.69, 9.17) is 9.84 Å². The fourth-order valence-electron chi connectivity index (χ4n) is 5.18. The Morgan fingerprint density at radius 3 is 2.65 bits per heavy atom. The Kier molecular flexibility index (Phi) is 12.1. The van der Waals surface area contributed by atoms with E-state index < -0.39 is 76.8 Å². The van der Waals surface area contributed by atoms with Crippen molar-refractivity contribution in [1.29, 1.82) is 0 Å². The largest absolute Gasteiger partial charge is 0.461 e. The van der Waals surface area contributed by atoms with Crippen molar-refractivity contribution in [3.05, 3.63) is 46.6 Å². The van der Waals surface area contributed by atoms with Crippen molar-refractivity contribution in [1.82, 2.24) is 9.62 Å². The maximum atomic E-state index is 15.1. The quantitative estimate of drug-likeness (QED) is 0.139. The molecule has 0 bridgehead atoms. The molecule has 2 aromatic carbocycles. The van der Waals surface area contributed by atoms with Gasteiger partial charge in [0.1, 0.15) is 22.6 Å². The third-order valence-corrected chi connectivity index (χ3v) is 9.87. The number of alkyl halides is 5. The lowest BCUT2D eigenvalue weighted by Crippen LogP contribution is -2.50. The molecule has 18 heteroatoms. The van der Waals surface area contributed by atoms with Crippen molar-refractivity contribution < 1.29 is 54.5 Å². The highest BCUT2D eigenvalue weighted by Crippen LogP contribution is 2.40. The maximum absolute atomic E-state index is 15.1. The number of carbonyl (C=O) groups excluding carboxylic acids is 1. The average molecular weight is 723 g/mol. The minimum absolute atomic E-state index is 0.00593. The Balaban J connectivity index is 1.58. The Morgan fingerprint density at radius 1 is 1.25 bits per heavy atom. The van der Waals surface area contributed by atoms with Crippen LogP contribution in [0.1, 0.15) is 23.8 Å². The van der Waals surface area contributed by atoms with Gasteiger partial charge < -0.3 is 25.6 Å². The summed E-state index contributed by atoms with van der Waals surface area (Å²) in [6.45, 7) is -0.757. The number of anilines is 2. The minimum atomic E-state index is -4.63. The second-order valence-electron chi connectivity index (χ2n) is 10.9. The zero-order valence-corrected chi connectivity index (χ0v) is 27.0. The lowest BCUT2D eigenvalue weighted by Gasteiger charge is -2.36. The highest BCUT2D eigenvalue weighted by Gasteiger charge is 2.33. The number of ether oxygens (including phenoxy) is 1. The molecule has 0 spiro atoms. The van der Waals surface area contributed by atoms with E-state index in [1.54, 1.807) is 21.8 Å². The molecule has 0 radical (unpaired) electrons.